The number of nitrogens with zero attached hydrogens (tertiary/aromatic N) is 1. The van der Waals surface area contributed by atoms with Gasteiger partial charge < -0.3 is 10.6 Å². The van der Waals surface area contributed by atoms with Crippen molar-refractivity contribution in [1.82, 2.24) is 4.90 Å². The quantitative estimate of drug-likeness (QED) is 0.852. The first-order chi connectivity index (χ1) is 8.67. The van der Waals surface area contributed by atoms with Crippen LogP contribution in [0.25, 0.3) is 0 Å². The molecule has 2 aliphatic rings. The summed E-state index contributed by atoms with van der Waals surface area (Å²) >= 11 is 1.76. The molecule has 1 heterocycles. The Morgan fingerprint density at radius 1 is 1.33 bits per heavy atom. The summed E-state index contributed by atoms with van der Waals surface area (Å²) < 4.78 is 0. The maximum atomic E-state index is 12.3. The molecule has 104 valence electrons. The number of thioether (sulfide) groups is 1. The minimum atomic E-state index is -0.281. The third-order valence-corrected chi connectivity index (χ3v) is 5.26. The molecule has 0 unspecified atom stereocenters. The first kappa shape index (κ1) is 14.2. The summed E-state index contributed by atoms with van der Waals surface area (Å²) in [6.07, 6.45) is 10.8. The molecule has 2 N–H and O–H groups in total. The molecule has 1 saturated carbocycles. The molecule has 0 aromatic rings. The topological polar surface area (TPSA) is 46.3 Å². The van der Waals surface area contributed by atoms with E-state index in [1.165, 1.54) is 38.5 Å². The summed E-state index contributed by atoms with van der Waals surface area (Å²) in [7, 11) is 0. The van der Waals surface area contributed by atoms with Gasteiger partial charge in [0.05, 0.1) is 6.04 Å². The van der Waals surface area contributed by atoms with Crippen LogP contribution < -0.4 is 5.73 Å². The number of carbonyl (C=O) groups excluding carboxylic acids is 1. The van der Waals surface area contributed by atoms with Crippen LogP contribution in [0.2, 0.25) is 0 Å². The first-order valence-corrected chi connectivity index (χ1v) is 8.60. The van der Waals surface area contributed by atoms with Crippen LogP contribution in [0.1, 0.15) is 44.9 Å². The van der Waals surface area contributed by atoms with Crippen molar-refractivity contribution in [2.24, 2.45) is 11.1 Å². The molecular weight excluding hydrogens is 244 g/mol. The van der Waals surface area contributed by atoms with Gasteiger partial charge in [0.1, 0.15) is 0 Å². The number of likely N-dealkylation sites (tertiary alicyclic amines) is 1. The number of hydrogen-bond acceptors (Lipinski definition) is 3. The van der Waals surface area contributed by atoms with Gasteiger partial charge in [-0.05, 0) is 43.1 Å². The fraction of sp³-hybridized carbons (Fsp3) is 0.929. The van der Waals surface area contributed by atoms with E-state index >= 15 is 0 Å². The monoisotopic (exact) mass is 270 g/mol. The molecule has 1 aliphatic carbocycles. The average Bonchev–Trinajstić information content (AvgIpc) is 2.79. The van der Waals surface area contributed by atoms with Gasteiger partial charge in [0.2, 0.25) is 5.91 Å². The van der Waals surface area contributed by atoms with Crippen molar-refractivity contribution < 1.29 is 4.79 Å². The molecule has 2 rings (SSSR count). The van der Waals surface area contributed by atoms with Gasteiger partial charge in [0.25, 0.3) is 0 Å². The predicted octanol–water partition coefficient (Wildman–Crippen LogP) is 2.25. The normalized spacial score (nSPS) is 24.4. The van der Waals surface area contributed by atoms with Crippen LogP contribution in [-0.4, -0.2) is 41.9 Å². The number of amides is 1. The van der Waals surface area contributed by atoms with Crippen LogP contribution >= 0.6 is 11.8 Å². The summed E-state index contributed by atoms with van der Waals surface area (Å²) in [6.45, 7) is 1.91. The minimum Gasteiger partial charge on any atom is -0.341 e. The molecular formula is C14H26N2OS. The van der Waals surface area contributed by atoms with Crippen LogP contribution in [-0.2, 0) is 4.79 Å². The zero-order valence-corrected chi connectivity index (χ0v) is 12.3. The van der Waals surface area contributed by atoms with E-state index in [4.69, 9.17) is 5.73 Å². The fourth-order valence-corrected chi connectivity index (χ4v) is 3.93. The van der Waals surface area contributed by atoms with Crippen molar-refractivity contribution in [3.63, 3.8) is 0 Å². The van der Waals surface area contributed by atoms with E-state index in [1.54, 1.807) is 11.8 Å². The van der Waals surface area contributed by atoms with Gasteiger partial charge in [-0.15, -0.1) is 0 Å². The lowest BCUT2D eigenvalue weighted by Gasteiger charge is -2.33. The van der Waals surface area contributed by atoms with E-state index in [2.05, 4.69) is 6.26 Å². The van der Waals surface area contributed by atoms with E-state index in [0.717, 1.165) is 25.3 Å². The first-order valence-electron chi connectivity index (χ1n) is 7.20. The lowest BCUT2D eigenvalue weighted by Crippen LogP contribution is -2.44. The van der Waals surface area contributed by atoms with Crippen molar-refractivity contribution >= 4 is 17.7 Å². The number of rotatable bonds is 4. The standard InChI is InChI=1S/C14H26N2OS/c1-18-10-5-12(15)13(17)16-9-8-14(11-16)6-3-2-4-7-14/h12H,2-11,15H2,1H3/t12-/m0/s1. The van der Waals surface area contributed by atoms with Crippen molar-refractivity contribution in [2.75, 3.05) is 25.1 Å². The highest BCUT2D eigenvalue weighted by molar-refractivity contribution is 7.98. The highest BCUT2D eigenvalue weighted by Crippen LogP contribution is 2.43. The van der Waals surface area contributed by atoms with Crippen molar-refractivity contribution in [1.29, 1.82) is 0 Å². The third-order valence-electron chi connectivity index (χ3n) is 4.61. The second-order valence-corrected chi connectivity index (χ2v) is 6.94. The molecule has 0 aromatic heterocycles. The second kappa shape index (κ2) is 6.29. The van der Waals surface area contributed by atoms with Crippen LogP contribution in [0.4, 0.5) is 0 Å². The maximum Gasteiger partial charge on any atom is 0.239 e. The van der Waals surface area contributed by atoms with Crippen molar-refractivity contribution in [3.8, 4) is 0 Å². The van der Waals surface area contributed by atoms with Crippen LogP contribution in [0.5, 0.6) is 0 Å². The van der Waals surface area contributed by atoms with Crippen LogP contribution in [0, 0.1) is 5.41 Å². The Morgan fingerprint density at radius 3 is 2.72 bits per heavy atom. The molecule has 1 amide bonds. The van der Waals surface area contributed by atoms with E-state index in [9.17, 15) is 4.79 Å². The van der Waals surface area contributed by atoms with Gasteiger partial charge in [-0.1, -0.05) is 19.3 Å². The summed E-state index contributed by atoms with van der Waals surface area (Å²) in [5.74, 6) is 1.16. The lowest BCUT2D eigenvalue weighted by atomic mass is 9.73. The lowest BCUT2D eigenvalue weighted by molar-refractivity contribution is -0.132. The minimum absolute atomic E-state index is 0.187. The van der Waals surface area contributed by atoms with Gasteiger partial charge in [-0.3, -0.25) is 4.79 Å². The Morgan fingerprint density at radius 2 is 2.06 bits per heavy atom. The molecule has 1 spiro atoms. The third kappa shape index (κ3) is 3.21. The molecule has 0 radical (unpaired) electrons. The molecule has 1 saturated heterocycles. The SMILES string of the molecule is CSCC[C@H](N)C(=O)N1CCC2(CCCCC2)C1. The molecule has 3 nitrogen and oxygen atoms in total. The Labute approximate surface area is 115 Å². The van der Waals surface area contributed by atoms with E-state index < -0.39 is 0 Å². The van der Waals surface area contributed by atoms with Crippen molar-refractivity contribution in [3.05, 3.63) is 0 Å². The zero-order chi connectivity index (χ0) is 13.0. The molecule has 2 fully saturated rings. The molecule has 18 heavy (non-hydrogen) atoms. The van der Waals surface area contributed by atoms with Crippen LogP contribution in [0.15, 0.2) is 0 Å². The maximum absolute atomic E-state index is 12.3. The Bertz CT molecular complexity index is 290. The Kier molecular flexibility index (Phi) is 4.96. The second-order valence-electron chi connectivity index (χ2n) is 5.96. The number of carbonyl (C=O) groups is 1. The van der Waals surface area contributed by atoms with Crippen molar-refractivity contribution in [2.45, 2.75) is 51.0 Å². The summed E-state index contributed by atoms with van der Waals surface area (Å²) in [5.41, 5.74) is 6.45. The van der Waals surface area contributed by atoms with E-state index in [1.807, 2.05) is 4.90 Å². The molecule has 0 aromatic carbocycles. The van der Waals surface area contributed by atoms with Gasteiger partial charge in [-0.2, -0.15) is 11.8 Å². The fourth-order valence-electron chi connectivity index (χ4n) is 3.44. The van der Waals surface area contributed by atoms with Gasteiger partial charge in [0.15, 0.2) is 0 Å². The Balaban J connectivity index is 1.85. The summed E-state index contributed by atoms with van der Waals surface area (Å²) in [5, 5.41) is 0. The number of nitrogens with two attached hydrogens (primary N) is 1. The highest BCUT2D eigenvalue weighted by Gasteiger charge is 2.41. The summed E-state index contributed by atoms with van der Waals surface area (Å²) in [6, 6.07) is -0.281. The van der Waals surface area contributed by atoms with Gasteiger partial charge in [0, 0.05) is 13.1 Å². The zero-order valence-electron chi connectivity index (χ0n) is 11.5. The predicted molar refractivity (Wildman–Crippen MR) is 77.7 cm³/mol. The Hall–Kier alpha value is -0.220. The molecule has 1 atom stereocenters. The highest BCUT2D eigenvalue weighted by atomic mass is 32.2. The van der Waals surface area contributed by atoms with Gasteiger partial charge in [-0.25, -0.2) is 0 Å². The average molecular weight is 270 g/mol. The largest absolute Gasteiger partial charge is 0.341 e. The van der Waals surface area contributed by atoms with E-state index in [0.29, 0.717) is 5.41 Å². The van der Waals surface area contributed by atoms with Gasteiger partial charge >= 0.3 is 0 Å². The van der Waals surface area contributed by atoms with Crippen LogP contribution in [0.3, 0.4) is 0 Å². The molecule has 4 heteroatoms. The van der Waals surface area contributed by atoms with E-state index in [-0.39, 0.29) is 11.9 Å². The molecule has 0 bridgehead atoms. The molecule has 1 aliphatic heterocycles. The number of hydrogen-bond donors (Lipinski definition) is 1. The summed E-state index contributed by atoms with van der Waals surface area (Å²) in [4.78, 5) is 14.3. The smallest absolute Gasteiger partial charge is 0.239 e.